The summed E-state index contributed by atoms with van der Waals surface area (Å²) in [5.74, 6) is -0.570. The zero-order chi connectivity index (χ0) is 25.1. The van der Waals surface area contributed by atoms with Crippen molar-refractivity contribution in [2.45, 2.75) is 25.9 Å². The standard InChI is InChI=1S/C29H23N3O4/c1-16-10-11-18(15-17(16)2)25-26(32-27(33)19-7-4-5-8-20(19)28(32)34)29(35)31(25)22-12-13-23(36-3)21-9-6-14-30-24(21)22/h4-15,25-26H,1-3H3/t25-,26-/m0/s1. The first-order chi connectivity index (χ1) is 17.4. The molecule has 0 bridgehead atoms. The van der Waals surface area contributed by atoms with Crippen LogP contribution in [0.2, 0.25) is 0 Å². The van der Waals surface area contributed by atoms with Gasteiger partial charge >= 0.3 is 0 Å². The lowest BCUT2D eigenvalue weighted by molar-refractivity contribution is -0.130. The third-order valence-corrected chi connectivity index (χ3v) is 7.23. The van der Waals surface area contributed by atoms with Gasteiger partial charge in [0.05, 0.1) is 35.5 Å². The van der Waals surface area contributed by atoms with Crippen LogP contribution in [-0.4, -0.2) is 40.8 Å². The summed E-state index contributed by atoms with van der Waals surface area (Å²) in [6, 6.07) is 18.5. The van der Waals surface area contributed by atoms with Crippen molar-refractivity contribution in [2.75, 3.05) is 12.0 Å². The Balaban J connectivity index is 1.51. The molecule has 1 saturated heterocycles. The number of anilines is 1. The average molecular weight is 478 g/mol. The molecule has 2 aliphatic heterocycles. The lowest BCUT2D eigenvalue weighted by Crippen LogP contribution is -2.67. The second kappa shape index (κ2) is 8.02. The van der Waals surface area contributed by atoms with E-state index in [1.54, 1.807) is 54.6 Å². The number of fused-ring (bicyclic) bond motifs is 2. The zero-order valence-electron chi connectivity index (χ0n) is 20.1. The topological polar surface area (TPSA) is 79.8 Å². The number of ether oxygens (including phenoxy) is 1. The van der Waals surface area contributed by atoms with Crippen LogP contribution in [-0.2, 0) is 4.79 Å². The molecule has 4 aromatic rings. The minimum Gasteiger partial charge on any atom is -0.496 e. The fourth-order valence-corrected chi connectivity index (χ4v) is 5.24. The number of imide groups is 1. The van der Waals surface area contributed by atoms with Crippen LogP contribution in [0.25, 0.3) is 10.9 Å². The second-order valence-corrected chi connectivity index (χ2v) is 9.15. The number of rotatable bonds is 4. The molecule has 3 aromatic carbocycles. The van der Waals surface area contributed by atoms with Crippen LogP contribution in [0, 0.1) is 13.8 Å². The molecule has 3 heterocycles. The van der Waals surface area contributed by atoms with E-state index < -0.39 is 23.9 Å². The Morgan fingerprint density at radius 3 is 2.17 bits per heavy atom. The van der Waals surface area contributed by atoms with Gasteiger partial charge in [-0.25, -0.2) is 0 Å². The zero-order valence-corrected chi connectivity index (χ0v) is 20.1. The van der Waals surface area contributed by atoms with E-state index >= 15 is 0 Å². The molecular formula is C29H23N3O4. The summed E-state index contributed by atoms with van der Waals surface area (Å²) >= 11 is 0. The molecule has 36 heavy (non-hydrogen) atoms. The largest absolute Gasteiger partial charge is 0.496 e. The van der Waals surface area contributed by atoms with Crippen molar-refractivity contribution < 1.29 is 19.1 Å². The Bertz CT molecular complexity index is 1560. The first kappa shape index (κ1) is 22.0. The number of methoxy groups -OCH3 is 1. The fourth-order valence-electron chi connectivity index (χ4n) is 5.24. The number of amides is 3. The SMILES string of the molecule is COc1ccc(N2C(=O)[C@@H](N3C(=O)c4ccccc4C3=O)[C@@H]2c2ccc(C)c(C)c2)c2ncccc12. The molecule has 1 fully saturated rings. The van der Waals surface area contributed by atoms with Gasteiger partial charge in [-0.2, -0.15) is 0 Å². The highest BCUT2D eigenvalue weighted by atomic mass is 16.5. The number of hydrogen-bond donors (Lipinski definition) is 0. The van der Waals surface area contributed by atoms with Gasteiger partial charge in [0.25, 0.3) is 17.7 Å². The second-order valence-electron chi connectivity index (χ2n) is 9.15. The molecule has 0 saturated carbocycles. The number of hydrogen-bond acceptors (Lipinski definition) is 5. The van der Waals surface area contributed by atoms with Gasteiger partial charge in [-0.3, -0.25) is 29.2 Å². The van der Waals surface area contributed by atoms with Gasteiger partial charge in [-0.05, 0) is 66.9 Å². The lowest BCUT2D eigenvalue weighted by atomic mass is 9.85. The molecule has 3 amide bonds. The summed E-state index contributed by atoms with van der Waals surface area (Å²) in [6.07, 6.45) is 1.67. The maximum atomic E-state index is 13.8. The van der Waals surface area contributed by atoms with Crippen molar-refractivity contribution in [3.05, 3.63) is 101 Å². The predicted molar refractivity (Wildman–Crippen MR) is 135 cm³/mol. The molecule has 1 aromatic heterocycles. The van der Waals surface area contributed by atoms with E-state index in [4.69, 9.17) is 4.74 Å². The maximum absolute atomic E-state index is 13.8. The van der Waals surface area contributed by atoms with Gasteiger partial charge in [0.1, 0.15) is 11.8 Å². The summed E-state index contributed by atoms with van der Waals surface area (Å²) in [4.78, 5) is 47.8. The Morgan fingerprint density at radius 2 is 1.50 bits per heavy atom. The van der Waals surface area contributed by atoms with Gasteiger partial charge in [-0.1, -0.05) is 30.3 Å². The number of aromatic nitrogens is 1. The van der Waals surface area contributed by atoms with Crippen molar-refractivity contribution in [2.24, 2.45) is 0 Å². The van der Waals surface area contributed by atoms with E-state index in [-0.39, 0.29) is 5.91 Å². The third kappa shape index (κ3) is 2.99. The lowest BCUT2D eigenvalue weighted by Gasteiger charge is -2.50. The van der Waals surface area contributed by atoms with E-state index in [9.17, 15) is 14.4 Å². The van der Waals surface area contributed by atoms with Gasteiger partial charge < -0.3 is 4.74 Å². The highest BCUT2D eigenvalue weighted by molar-refractivity contribution is 6.25. The summed E-state index contributed by atoms with van der Waals surface area (Å²) in [5, 5.41) is 0.772. The molecular weight excluding hydrogens is 454 g/mol. The van der Waals surface area contributed by atoms with Crippen LogP contribution >= 0.6 is 0 Å². The van der Waals surface area contributed by atoms with Gasteiger partial charge in [-0.15, -0.1) is 0 Å². The van der Waals surface area contributed by atoms with Crippen LogP contribution < -0.4 is 9.64 Å². The molecule has 7 heteroatoms. The van der Waals surface area contributed by atoms with Gasteiger partial charge in [0.15, 0.2) is 0 Å². The highest BCUT2D eigenvalue weighted by Gasteiger charge is 2.57. The molecule has 0 aliphatic carbocycles. The monoisotopic (exact) mass is 477 g/mol. The Morgan fingerprint density at radius 1 is 0.778 bits per heavy atom. The highest BCUT2D eigenvalue weighted by Crippen LogP contribution is 2.47. The average Bonchev–Trinajstić information content (AvgIpc) is 3.14. The Labute approximate surface area is 207 Å². The number of benzene rings is 3. The van der Waals surface area contributed by atoms with Crippen LogP contribution in [0.4, 0.5) is 5.69 Å². The molecule has 0 N–H and O–H groups in total. The van der Waals surface area contributed by atoms with Crippen LogP contribution in [0.1, 0.15) is 43.4 Å². The maximum Gasteiger partial charge on any atom is 0.262 e. The summed E-state index contributed by atoms with van der Waals surface area (Å²) < 4.78 is 5.51. The third-order valence-electron chi connectivity index (χ3n) is 7.23. The number of pyridine rings is 1. The molecule has 2 atom stereocenters. The van der Waals surface area contributed by atoms with Crippen LogP contribution in [0.5, 0.6) is 5.75 Å². The van der Waals surface area contributed by atoms with E-state index in [0.29, 0.717) is 28.1 Å². The van der Waals surface area contributed by atoms with E-state index in [2.05, 4.69) is 4.98 Å². The number of carbonyl (C=O) groups is 3. The van der Waals surface area contributed by atoms with Crippen molar-refractivity contribution in [3.8, 4) is 5.75 Å². The van der Waals surface area contributed by atoms with Gasteiger partial charge in [0, 0.05) is 11.6 Å². The normalized spacial score (nSPS) is 19.0. The summed E-state index contributed by atoms with van der Waals surface area (Å²) in [5.41, 5.74) is 4.88. The van der Waals surface area contributed by atoms with E-state index in [0.717, 1.165) is 27.0 Å². The molecule has 0 unspecified atom stereocenters. The minimum atomic E-state index is -0.958. The van der Waals surface area contributed by atoms with Crippen molar-refractivity contribution in [1.82, 2.24) is 9.88 Å². The first-order valence-corrected chi connectivity index (χ1v) is 11.7. The minimum absolute atomic E-state index is 0.323. The van der Waals surface area contributed by atoms with Crippen LogP contribution in [0.15, 0.2) is 72.9 Å². The number of carbonyl (C=O) groups excluding carboxylic acids is 3. The molecule has 0 radical (unpaired) electrons. The van der Waals surface area contributed by atoms with Crippen molar-refractivity contribution in [3.63, 3.8) is 0 Å². The Kier molecular flexibility index (Phi) is 4.89. The van der Waals surface area contributed by atoms with Crippen molar-refractivity contribution >= 4 is 34.3 Å². The molecule has 178 valence electrons. The first-order valence-electron chi connectivity index (χ1n) is 11.7. The number of nitrogens with zero attached hydrogens (tertiary/aromatic N) is 3. The van der Waals surface area contributed by atoms with Gasteiger partial charge in [0.2, 0.25) is 0 Å². The fraction of sp³-hybridized carbons (Fsp3) is 0.172. The Hall–Kier alpha value is -4.52. The van der Waals surface area contributed by atoms with Crippen LogP contribution in [0.3, 0.4) is 0 Å². The smallest absolute Gasteiger partial charge is 0.262 e. The molecule has 6 rings (SSSR count). The molecule has 0 spiro atoms. The summed E-state index contributed by atoms with van der Waals surface area (Å²) in [6.45, 7) is 4.02. The number of aryl methyl sites for hydroxylation is 2. The van der Waals surface area contributed by atoms with E-state index in [1.165, 1.54) is 0 Å². The van der Waals surface area contributed by atoms with Crippen molar-refractivity contribution in [1.29, 1.82) is 0 Å². The predicted octanol–water partition coefficient (Wildman–Crippen LogP) is 4.61. The summed E-state index contributed by atoms with van der Waals surface area (Å²) in [7, 11) is 1.59. The van der Waals surface area contributed by atoms with E-state index in [1.807, 2.05) is 44.2 Å². The number of β-lactam (4-membered cyclic amide) rings is 1. The molecule has 2 aliphatic rings. The molecule has 7 nitrogen and oxygen atoms in total. The quantitative estimate of drug-likeness (QED) is 0.317.